The molecule has 31 heavy (non-hydrogen) atoms. The number of aromatic nitrogens is 3. The molecule has 0 aliphatic rings. The van der Waals surface area contributed by atoms with Gasteiger partial charge in [-0.1, -0.05) is 18.2 Å². The Bertz CT molecular complexity index is 2010. The highest BCUT2D eigenvalue weighted by molar-refractivity contribution is 7.28. The van der Waals surface area contributed by atoms with Gasteiger partial charge in [-0.2, -0.15) is 0 Å². The van der Waals surface area contributed by atoms with Gasteiger partial charge in [-0.05, 0) is 42.5 Å². The van der Waals surface area contributed by atoms with E-state index in [4.69, 9.17) is 9.97 Å². The van der Waals surface area contributed by atoms with Gasteiger partial charge in [-0.25, -0.2) is 4.98 Å². The van der Waals surface area contributed by atoms with E-state index >= 15 is 0 Å². The molecule has 0 saturated heterocycles. The first-order valence-electron chi connectivity index (χ1n) is 10.2. The van der Waals surface area contributed by atoms with Crippen LogP contribution in [0, 0.1) is 0 Å². The Balaban J connectivity index is 1.77. The van der Waals surface area contributed by atoms with Gasteiger partial charge in [0.15, 0.2) is 0 Å². The standard InChI is InChI=1S/C26H13N3S2/c1-2-6-17-14(4-1)21-18(30-17)9-10-19-22(21)23-20(31-19)8-7-15-24-16(5-3-11-27-24)26-28-12-13-29(26)25(15)23/h1-13H. The molecule has 144 valence electrons. The van der Waals surface area contributed by atoms with Crippen LogP contribution in [0.15, 0.2) is 79.3 Å². The Morgan fingerprint density at radius 1 is 0.581 bits per heavy atom. The van der Waals surface area contributed by atoms with Crippen LogP contribution < -0.4 is 0 Å². The van der Waals surface area contributed by atoms with Crippen molar-refractivity contribution in [3.8, 4) is 0 Å². The smallest absolute Gasteiger partial charge is 0.146 e. The Morgan fingerprint density at radius 2 is 1.35 bits per heavy atom. The normalized spacial score (nSPS) is 12.5. The van der Waals surface area contributed by atoms with Crippen LogP contribution in [0.1, 0.15) is 0 Å². The lowest BCUT2D eigenvalue weighted by atomic mass is 10.0. The molecule has 3 aromatic carbocycles. The van der Waals surface area contributed by atoms with Crippen molar-refractivity contribution in [3.05, 3.63) is 79.3 Å². The number of thiophene rings is 2. The number of hydrogen-bond donors (Lipinski definition) is 0. The lowest BCUT2D eigenvalue weighted by Gasteiger charge is -2.09. The highest BCUT2D eigenvalue weighted by Gasteiger charge is 2.19. The zero-order valence-electron chi connectivity index (χ0n) is 16.2. The maximum atomic E-state index is 4.76. The molecule has 0 aliphatic carbocycles. The Hall–Kier alpha value is -3.54. The van der Waals surface area contributed by atoms with Crippen molar-refractivity contribution >= 4 is 90.5 Å². The van der Waals surface area contributed by atoms with Gasteiger partial charge in [-0.15, -0.1) is 22.7 Å². The van der Waals surface area contributed by atoms with E-state index in [1.807, 2.05) is 41.1 Å². The summed E-state index contributed by atoms with van der Waals surface area (Å²) in [6.07, 6.45) is 5.85. The monoisotopic (exact) mass is 431 g/mol. The van der Waals surface area contributed by atoms with Crippen molar-refractivity contribution < 1.29 is 0 Å². The summed E-state index contributed by atoms with van der Waals surface area (Å²) in [4.78, 5) is 9.46. The number of pyridine rings is 2. The maximum absolute atomic E-state index is 4.76. The molecule has 0 atom stereocenters. The number of imidazole rings is 1. The quantitative estimate of drug-likeness (QED) is 0.230. The zero-order chi connectivity index (χ0) is 20.1. The lowest BCUT2D eigenvalue weighted by Crippen LogP contribution is -1.92. The van der Waals surface area contributed by atoms with Gasteiger partial charge in [0.05, 0.1) is 11.0 Å². The number of fused-ring (bicyclic) bond motifs is 14. The van der Waals surface area contributed by atoms with Crippen LogP contribution in [0.3, 0.4) is 0 Å². The summed E-state index contributed by atoms with van der Waals surface area (Å²) >= 11 is 3.75. The summed E-state index contributed by atoms with van der Waals surface area (Å²) < 4.78 is 7.56. The number of benzene rings is 3. The molecular formula is C26H13N3S2. The van der Waals surface area contributed by atoms with Crippen LogP contribution in [0.25, 0.3) is 67.8 Å². The number of hydrogen-bond acceptors (Lipinski definition) is 4. The molecule has 0 unspecified atom stereocenters. The van der Waals surface area contributed by atoms with Crippen molar-refractivity contribution in [1.82, 2.24) is 14.4 Å². The Kier molecular flexibility index (Phi) is 2.91. The molecule has 0 fully saturated rings. The van der Waals surface area contributed by atoms with E-state index < -0.39 is 0 Å². The van der Waals surface area contributed by atoms with Crippen LogP contribution in [0.2, 0.25) is 0 Å². The van der Waals surface area contributed by atoms with E-state index in [0.29, 0.717) is 0 Å². The van der Waals surface area contributed by atoms with Crippen LogP contribution in [0.5, 0.6) is 0 Å². The fourth-order valence-corrected chi connectivity index (χ4v) is 7.30. The molecule has 3 nitrogen and oxygen atoms in total. The fraction of sp³-hybridized carbons (Fsp3) is 0. The van der Waals surface area contributed by atoms with Crippen LogP contribution in [-0.4, -0.2) is 14.4 Å². The van der Waals surface area contributed by atoms with Gasteiger partial charge < -0.3 is 0 Å². The molecular weight excluding hydrogens is 418 g/mol. The number of nitrogens with zero attached hydrogens (tertiary/aromatic N) is 3. The highest BCUT2D eigenvalue weighted by Crippen LogP contribution is 2.47. The minimum atomic E-state index is 0.963. The Labute approximate surface area is 183 Å². The van der Waals surface area contributed by atoms with Crippen molar-refractivity contribution in [1.29, 1.82) is 0 Å². The third-order valence-corrected chi connectivity index (χ3v) is 8.56. The molecule has 8 rings (SSSR count). The van der Waals surface area contributed by atoms with Crippen molar-refractivity contribution in [3.63, 3.8) is 0 Å². The Morgan fingerprint density at radius 3 is 2.32 bits per heavy atom. The van der Waals surface area contributed by atoms with Crippen molar-refractivity contribution in [2.75, 3.05) is 0 Å². The van der Waals surface area contributed by atoms with E-state index in [9.17, 15) is 0 Å². The summed E-state index contributed by atoms with van der Waals surface area (Å²) in [6, 6.07) is 21.9. The molecule has 5 aromatic heterocycles. The van der Waals surface area contributed by atoms with E-state index in [1.54, 1.807) is 0 Å². The minimum absolute atomic E-state index is 0.963. The first kappa shape index (κ1) is 16.2. The second-order valence-corrected chi connectivity index (χ2v) is 10.0. The molecule has 5 heteroatoms. The second kappa shape index (κ2) is 5.58. The molecule has 0 N–H and O–H groups in total. The summed E-state index contributed by atoms with van der Waals surface area (Å²) in [5.74, 6) is 0. The predicted octanol–water partition coefficient (Wildman–Crippen LogP) is 7.77. The summed E-state index contributed by atoms with van der Waals surface area (Å²) in [6.45, 7) is 0. The molecule has 0 bridgehead atoms. The fourth-order valence-electron chi connectivity index (χ4n) is 5.07. The van der Waals surface area contributed by atoms with Crippen LogP contribution in [0.4, 0.5) is 0 Å². The zero-order valence-corrected chi connectivity index (χ0v) is 17.8. The summed E-state index contributed by atoms with van der Waals surface area (Å²) in [5, 5.41) is 7.62. The van der Waals surface area contributed by atoms with E-state index in [2.05, 4.69) is 65.2 Å². The molecule has 0 amide bonds. The van der Waals surface area contributed by atoms with Gasteiger partial charge in [0.25, 0.3) is 0 Å². The van der Waals surface area contributed by atoms with Gasteiger partial charge >= 0.3 is 0 Å². The lowest BCUT2D eigenvalue weighted by molar-refractivity contribution is 1.27. The van der Waals surface area contributed by atoms with Crippen LogP contribution >= 0.6 is 22.7 Å². The van der Waals surface area contributed by atoms with Gasteiger partial charge in [0, 0.05) is 69.7 Å². The average Bonchev–Trinajstić information content (AvgIpc) is 3.53. The molecule has 5 heterocycles. The molecule has 0 radical (unpaired) electrons. The van der Waals surface area contributed by atoms with Crippen molar-refractivity contribution in [2.24, 2.45) is 0 Å². The van der Waals surface area contributed by atoms with Gasteiger partial charge in [0.1, 0.15) is 5.65 Å². The van der Waals surface area contributed by atoms with E-state index in [-0.39, 0.29) is 0 Å². The first-order chi connectivity index (χ1) is 15.4. The predicted molar refractivity (Wildman–Crippen MR) is 134 cm³/mol. The average molecular weight is 432 g/mol. The largest absolute Gasteiger partial charge is 0.298 e. The third kappa shape index (κ3) is 1.93. The second-order valence-electron chi connectivity index (χ2n) is 7.87. The van der Waals surface area contributed by atoms with Crippen LogP contribution in [-0.2, 0) is 0 Å². The molecule has 8 aromatic rings. The summed E-state index contributed by atoms with van der Waals surface area (Å²) in [5.41, 5.74) is 3.18. The van der Waals surface area contributed by atoms with Gasteiger partial charge in [0.2, 0.25) is 0 Å². The summed E-state index contributed by atoms with van der Waals surface area (Å²) in [7, 11) is 0. The van der Waals surface area contributed by atoms with E-state index in [1.165, 1.54) is 51.2 Å². The van der Waals surface area contributed by atoms with Crippen molar-refractivity contribution in [2.45, 2.75) is 0 Å². The third-order valence-electron chi connectivity index (χ3n) is 6.30. The molecule has 0 saturated carbocycles. The van der Waals surface area contributed by atoms with E-state index in [0.717, 1.165) is 16.6 Å². The first-order valence-corrected chi connectivity index (χ1v) is 11.8. The highest BCUT2D eigenvalue weighted by atomic mass is 32.1. The molecule has 0 spiro atoms. The number of rotatable bonds is 0. The minimum Gasteiger partial charge on any atom is -0.298 e. The topological polar surface area (TPSA) is 30.2 Å². The van der Waals surface area contributed by atoms with Gasteiger partial charge in [-0.3, -0.25) is 9.38 Å². The molecule has 0 aliphatic heterocycles. The SMILES string of the molecule is c1ccc2c(c1)sc1ccc3sc4ccc5c6ncccc6c6nccn6c5c4c3c12. The maximum Gasteiger partial charge on any atom is 0.146 e.